The summed E-state index contributed by atoms with van der Waals surface area (Å²) in [7, 11) is 1.51. The number of carboxylic acid groups (broad SMARTS) is 1. The average Bonchev–Trinajstić information content (AvgIpc) is 3.16. The van der Waals surface area contributed by atoms with Crippen molar-refractivity contribution in [1.29, 1.82) is 0 Å². The fraction of sp³-hybridized carbons (Fsp3) is 0.462. The lowest BCUT2D eigenvalue weighted by Gasteiger charge is -2.27. The highest BCUT2D eigenvalue weighted by Gasteiger charge is 2.31. The Morgan fingerprint density at radius 3 is 2.24 bits per heavy atom. The molecule has 0 bridgehead atoms. The number of amides is 1. The summed E-state index contributed by atoms with van der Waals surface area (Å²) >= 11 is 0. The minimum Gasteiger partial charge on any atom is -0.480 e. The van der Waals surface area contributed by atoms with E-state index in [1.165, 1.54) is 11.9 Å². The molecule has 0 aromatic heterocycles. The van der Waals surface area contributed by atoms with E-state index in [2.05, 4.69) is 29.2 Å². The molecule has 1 atom stereocenters. The highest BCUT2D eigenvalue weighted by atomic mass is 35.5. The summed E-state index contributed by atoms with van der Waals surface area (Å²) in [5.74, 6) is -1.05. The summed E-state index contributed by atoms with van der Waals surface area (Å²) in [5, 5.41) is 9.70. The maximum Gasteiger partial charge on any atom is 0.410 e. The Kier molecular flexibility index (Phi) is 9.33. The van der Waals surface area contributed by atoms with Crippen molar-refractivity contribution < 1.29 is 24.2 Å². The zero-order valence-corrected chi connectivity index (χ0v) is 20.3. The molecule has 1 aliphatic heterocycles. The molecule has 2 aromatic carbocycles. The first-order chi connectivity index (χ1) is 16.1. The van der Waals surface area contributed by atoms with Crippen LogP contribution in [0.5, 0.6) is 0 Å². The minimum atomic E-state index is -1.00. The third kappa shape index (κ3) is 5.90. The van der Waals surface area contributed by atoms with Gasteiger partial charge in [0, 0.05) is 26.1 Å². The molecule has 1 fully saturated rings. The number of unbranched alkanes of at least 4 members (excludes halogenated alkanes) is 1. The van der Waals surface area contributed by atoms with E-state index in [0.29, 0.717) is 6.42 Å². The van der Waals surface area contributed by atoms with Crippen LogP contribution in [0.15, 0.2) is 48.5 Å². The van der Waals surface area contributed by atoms with Crippen molar-refractivity contribution in [3.05, 3.63) is 59.7 Å². The number of rotatable bonds is 9. The van der Waals surface area contributed by atoms with Gasteiger partial charge in [-0.15, -0.1) is 12.4 Å². The number of ether oxygens (including phenoxy) is 2. The van der Waals surface area contributed by atoms with Gasteiger partial charge in [-0.3, -0.25) is 9.80 Å². The lowest BCUT2D eigenvalue weighted by Crippen LogP contribution is -2.43. The molecule has 4 rings (SSSR count). The van der Waals surface area contributed by atoms with Crippen molar-refractivity contribution in [2.45, 2.75) is 31.2 Å². The number of morpholine rings is 1. The molecule has 1 aliphatic carbocycles. The third-order valence-electron chi connectivity index (χ3n) is 6.68. The van der Waals surface area contributed by atoms with Crippen LogP contribution in [-0.2, 0) is 14.3 Å². The monoisotopic (exact) mass is 488 g/mol. The number of halogens is 1. The molecule has 0 saturated carbocycles. The van der Waals surface area contributed by atoms with Crippen molar-refractivity contribution in [3.8, 4) is 11.1 Å². The molecule has 8 heteroatoms. The number of aliphatic carboxylic acids is 1. The number of fused-ring (bicyclic) bond motifs is 3. The molecule has 34 heavy (non-hydrogen) atoms. The van der Waals surface area contributed by atoms with Gasteiger partial charge in [0.25, 0.3) is 0 Å². The second-order valence-corrected chi connectivity index (χ2v) is 8.72. The normalized spacial score (nSPS) is 16.1. The van der Waals surface area contributed by atoms with Crippen LogP contribution in [0.4, 0.5) is 4.79 Å². The maximum absolute atomic E-state index is 12.8. The molecule has 0 unspecified atom stereocenters. The van der Waals surface area contributed by atoms with Crippen LogP contribution < -0.4 is 0 Å². The quantitative estimate of drug-likeness (QED) is 0.532. The standard InChI is InChI=1S/C26H32N2O5.ClH/c1-27(24(25(29)30)12-6-7-13-28-14-16-32-17-15-28)26(31)33-18-23-21-10-4-2-8-19(21)20-9-3-5-11-22(20)23;/h2-5,8-11,23-24H,6-7,12-18H2,1H3,(H,29,30);1H/t24-;/m0./s1. The number of nitrogens with zero attached hydrogens (tertiary/aromatic N) is 2. The smallest absolute Gasteiger partial charge is 0.410 e. The SMILES string of the molecule is CN(C(=O)OCC1c2ccccc2-c2ccccc21)[C@@H](CCCCN1CCOCC1)C(=O)O.Cl. The largest absolute Gasteiger partial charge is 0.480 e. The number of carbonyl (C=O) groups is 2. The number of likely N-dealkylation sites (N-methyl/N-ethyl adjacent to an activating group) is 1. The molecule has 0 radical (unpaired) electrons. The minimum absolute atomic E-state index is 0. The van der Waals surface area contributed by atoms with Gasteiger partial charge in [-0.25, -0.2) is 9.59 Å². The van der Waals surface area contributed by atoms with Gasteiger partial charge in [0.1, 0.15) is 12.6 Å². The summed E-state index contributed by atoms with van der Waals surface area (Å²) in [4.78, 5) is 28.2. The second kappa shape index (κ2) is 12.2. The zero-order valence-electron chi connectivity index (χ0n) is 19.5. The average molecular weight is 489 g/mol. The van der Waals surface area contributed by atoms with Crippen LogP contribution in [0, 0.1) is 0 Å². The van der Waals surface area contributed by atoms with E-state index in [4.69, 9.17) is 9.47 Å². The molecule has 2 aromatic rings. The maximum atomic E-state index is 12.8. The number of carbonyl (C=O) groups excluding carboxylic acids is 1. The van der Waals surface area contributed by atoms with Gasteiger partial charge < -0.3 is 14.6 Å². The molecule has 0 spiro atoms. The number of benzene rings is 2. The lowest BCUT2D eigenvalue weighted by atomic mass is 9.98. The van der Waals surface area contributed by atoms with Crippen LogP contribution in [0.1, 0.15) is 36.3 Å². The molecule has 1 N–H and O–H groups in total. The summed E-state index contributed by atoms with van der Waals surface area (Å²) in [5.41, 5.74) is 4.58. The van der Waals surface area contributed by atoms with Crippen LogP contribution in [-0.4, -0.2) is 79.5 Å². The first kappa shape index (κ1) is 26.0. The fourth-order valence-electron chi connectivity index (χ4n) is 4.80. The van der Waals surface area contributed by atoms with Gasteiger partial charge in [0.15, 0.2) is 0 Å². The van der Waals surface area contributed by atoms with Gasteiger partial charge in [0.05, 0.1) is 13.2 Å². The molecular weight excluding hydrogens is 456 g/mol. The molecular formula is C26H33ClN2O5. The van der Waals surface area contributed by atoms with Crippen LogP contribution in [0.3, 0.4) is 0 Å². The molecule has 1 saturated heterocycles. The van der Waals surface area contributed by atoms with Crippen LogP contribution in [0.25, 0.3) is 11.1 Å². The second-order valence-electron chi connectivity index (χ2n) is 8.72. The van der Waals surface area contributed by atoms with Crippen molar-refractivity contribution >= 4 is 24.5 Å². The summed E-state index contributed by atoms with van der Waals surface area (Å²) in [6.45, 7) is 4.44. The molecule has 184 valence electrons. The van der Waals surface area contributed by atoms with E-state index >= 15 is 0 Å². The van der Waals surface area contributed by atoms with E-state index in [0.717, 1.165) is 67.9 Å². The molecule has 1 amide bonds. The Morgan fingerprint density at radius 2 is 1.65 bits per heavy atom. The van der Waals surface area contributed by atoms with E-state index in [1.807, 2.05) is 24.3 Å². The first-order valence-corrected chi connectivity index (χ1v) is 11.7. The molecule has 7 nitrogen and oxygen atoms in total. The Balaban J connectivity index is 0.00000324. The predicted molar refractivity (Wildman–Crippen MR) is 133 cm³/mol. The Labute approximate surface area is 207 Å². The Hall–Kier alpha value is -2.61. The molecule has 2 aliphatic rings. The van der Waals surface area contributed by atoms with Gasteiger partial charge in [0.2, 0.25) is 0 Å². The highest BCUT2D eigenvalue weighted by Crippen LogP contribution is 2.44. The van der Waals surface area contributed by atoms with Crippen molar-refractivity contribution in [2.75, 3.05) is 46.5 Å². The van der Waals surface area contributed by atoms with Gasteiger partial charge in [-0.2, -0.15) is 0 Å². The van der Waals surface area contributed by atoms with E-state index in [-0.39, 0.29) is 24.9 Å². The topological polar surface area (TPSA) is 79.3 Å². The summed E-state index contributed by atoms with van der Waals surface area (Å²) in [6.07, 6.45) is 1.43. The first-order valence-electron chi connectivity index (χ1n) is 11.7. The van der Waals surface area contributed by atoms with Crippen molar-refractivity contribution in [2.24, 2.45) is 0 Å². The van der Waals surface area contributed by atoms with Crippen molar-refractivity contribution in [1.82, 2.24) is 9.80 Å². The summed E-state index contributed by atoms with van der Waals surface area (Å²) in [6, 6.07) is 15.4. The summed E-state index contributed by atoms with van der Waals surface area (Å²) < 4.78 is 11.0. The van der Waals surface area contributed by atoms with E-state index in [9.17, 15) is 14.7 Å². The third-order valence-corrected chi connectivity index (χ3v) is 6.68. The number of carboxylic acids is 1. The number of hydrogen-bond donors (Lipinski definition) is 1. The lowest BCUT2D eigenvalue weighted by molar-refractivity contribution is -0.142. The van der Waals surface area contributed by atoms with Crippen molar-refractivity contribution in [3.63, 3.8) is 0 Å². The van der Waals surface area contributed by atoms with Crippen LogP contribution >= 0.6 is 12.4 Å². The Bertz CT molecular complexity index is 934. The van der Waals surface area contributed by atoms with Crippen LogP contribution in [0.2, 0.25) is 0 Å². The fourth-order valence-corrected chi connectivity index (χ4v) is 4.80. The predicted octanol–water partition coefficient (Wildman–Crippen LogP) is 4.24. The van der Waals surface area contributed by atoms with Gasteiger partial charge in [-0.1, -0.05) is 48.5 Å². The van der Waals surface area contributed by atoms with Gasteiger partial charge >= 0.3 is 12.1 Å². The Morgan fingerprint density at radius 1 is 1.06 bits per heavy atom. The highest BCUT2D eigenvalue weighted by molar-refractivity contribution is 5.85. The van der Waals surface area contributed by atoms with E-state index < -0.39 is 18.1 Å². The van der Waals surface area contributed by atoms with Gasteiger partial charge in [-0.05, 0) is 48.1 Å². The zero-order chi connectivity index (χ0) is 23.2. The van der Waals surface area contributed by atoms with E-state index in [1.54, 1.807) is 0 Å². The molecule has 1 heterocycles. The number of hydrogen-bond acceptors (Lipinski definition) is 5.